The number of rotatable bonds is 2. The van der Waals surface area contributed by atoms with Crippen LogP contribution in [0.15, 0.2) is 9.95 Å². The molecule has 1 aromatic rings. The highest BCUT2D eigenvalue weighted by Gasteiger charge is 1.94. The summed E-state index contributed by atoms with van der Waals surface area (Å²) < 4.78 is 0. The van der Waals surface area contributed by atoms with E-state index in [1.54, 1.807) is 0 Å². The van der Waals surface area contributed by atoms with E-state index in [2.05, 4.69) is 21.1 Å². The number of nitrogens with zero attached hydrogens (tertiary/aromatic N) is 1. The second kappa shape index (κ2) is 3.13. The molecule has 0 aromatic carbocycles. The Kier molecular flexibility index (Phi) is 2.18. The second-order valence-corrected chi connectivity index (χ2v) is 2.44. The minimum Gasteiger partial charge on any atom is -0.284 e. The Balaban J connectivity index is 2.61. The first-order valence-corrected chi connectivity index (χ1v) is 3.52. The maximum absolute atomic E-state index is 10.4. The smallest absolute Gasteiger partial charge is 0.284 e. The number of aromatic amines is 2. The van der Waals surface area contributed by atoms with E-state index in [9.17, 15) is 4.79 Å². The number of nitrogens with one attached hydrogen (secondary N) is 2. The first-order valence-electron chi connectivity index (χ1n) is 2.54. The molecule has 52 valence electrons. The Labute approximate surface area is 61.4 Å². The normalized spacial score (nSPS) is 9.10. The van der Waals surface area contributed by atoms with Gasteiger partial charge in [0.05, 0.1) is 5.75 Å². The molecule has 0 aliphatic rings. The van der Waals surface area contributed by atoms with Gasteiger partial charge >= 0.3 is 5.69 Å². The Morgan fingerprint density at radius 1 is 1.80 bits per heavy atom. The summed E-state index contributed by atoms with van der Waals surface area (Å²) in [5, 5.41) is 6.39. The van der Waals surface area contributed by atoms with Crippen molar-refractivity contribution in [1.29, 1.82) is 0 Å². The zero-order valence-corrected chi connectivity index (χ0v) is 5.86. The van der Waals surface area contributed by atoms with Crippen molar-refractivity contribution in [2.75, 3.05) is 5.75 Å². The van der Waals surface area contributed by atoms with Crippen LogP contribution in [-0.4, -0.2) is 20.9 Å². The molecule has 0 radical (unpaired) electrons. The highest BCUT2D eigenvalue weighted by Crippen LogP contribution is 2.06. The van der Waals surface area contributed by atoms with Gasteiger partial charge in [-0.3, -0.25) is 4.98 Å². The number of H-pyrrole nitrogens is 2. The van der Waals surface area contributed by atoms with E-state index >= 15 is 0 Å². The summed E-state index contributed by atoms with van der Waals surface area (Å²) in [6, 6.07) is 0. The minimum atomic E-state index is -0.306. The summed E-state index contributed by atoms with van der Waals surface area (Å²) in [5.74, 6) is 2.93. The predicted molar refractivity (Wildman–Crippen MR) is 38.8 cm³/mol. The number of hydrogen-bond acceptors (Lipinski definition) is 3. The second-order valence-electron chi connectivity index (χ2n) is 1.48. The van der Waals surface area contributed by atoms with Crippen molar-refractivity contribution in [3.63, 3.8) is 0 Å². The van der Waals surface area contributed by atoms with E-state index in [-0.39, 0.29) is 5.69 Å². The van der Waals surface area contributed by atoms with Crippen LogP contribution in [0.1, 0.15) is 0 Å². The molecule has 10 heavy (non-hydrogen) atoms. The van der Waals surface area contributed by atoms with Gasteiger partial charge in [-0.15, -0.1) is 11.5 Å². The molecule has 5 heteroatoms. The van der Waals surface area contributed by atoms with Gasteiger partial charge in [-0.25, -0.2) is 9.89 Å². The van der Waals surface area contributed by atoms with Crippen molar-refractivity contribution in [2.45, 2.75) is 5.16 Å². The quantitative estimate of drug-likeness (QED) is 0.460. The third kappa shape index (κ3) is 1.67. The van der Waals surface area contributed by atoms with Gasteiger partial charge in [0.1, 0.15) is 0 Å². The molecular formula is C5H5N3OS. The highest BCUT2D eigenvalue weighted by molar-refractivity contribution is 7.99. The van der Waals surface area contributed by atoms with Crippen LogP contribution >= 0.6 is 11.8 Å². The Hall–Kier alpha value is -1.15. The lowest BCUT2D eigenvalue weighted by atomic mass is 10.8. The molecule has 0 aliphatic heterocycles. The first-order chi connectivity index (χ1) is 4.83. The van der Waals surface area contributed by atoms with E-state index in [1.165, 1.54) is 11.8 Å². The number of thioether (sulfide) groups is 1. The third-order valence-electron chi connectivity index (χ3n) is 0.772. The topological polar surface area (TPSA) is 61.5 Å². The summed E-state index contributed by atoms with van der Waals surface area (Å²) in [6.07, 6.45) is 4.98. The van der Waals surface area contributed by atoms with Gasteiger partial charge in [0, 0.05) is 0 Å². The molecule has 0 amide bonds. The van der Waals surface area contributed by atoms with Crippen molar-refractivity contribution in [3.8, 4) is 12.3 Å². The van der Waals surface area contributed by atoms with Crippen molar-refractivity contribution >= 4 is 11.8 Å². The summed E-state index contributed by atoms with van der Waals surface area (Å²) in [6.45, 7) is 0. The van der Waals surface area contributed by atoms with Crippen LogP contribution in [0.25, 0.3) is 0 Å². The van der Waals surface area contributed by atoms with Crippen LogP contribution in [-0.2, 0) is 0 Å². The van der Waals surface area contributed by atoms with E-state index in [1.807, 2.05) is 0 Å². The molecule has 1 rings (SSSR count). The molecule has 2 N–H and O–H groups in total. The van der Waals surface area contributed by atoms with Gasteiger partial charge in [-0.2, -0.15) is 0 Å². The summed E-state index contributed by atoms with van der Waals surface area (Å²) in [4.78, 5) is 12.9. The lowest BCUT2D eigenvalue weighted by molar-refractivity contribution is 0.972. The van der Waals surface area contributed by atoms with Gasteiger partial charge in [0.15, 0.2) is 5.16 Å². The van der Waals surface area contributed by atoms with Gasteiger partial charge in [-0.05, 0) is 0 Å². The molecule has 1 heterocycles. The molecule has 0 fully saturated rings. The van der Waals surface area contributed by atoms with Gasteiger partial charge in [0.25, 0.3) is 0 Å². The van der Waals surface area contributed by atoms with Crippen LogP contribution in [0, 0.1) is 12.3 Å². The first kappa shape index (κ1) is 6.96. The van der Waals surface area contributed by atoms with Crippen LogP contribution in [0.4, 0.5) is 0 Å². The highest BCUT2D eigenvalue weighted by atomic mass is 32.2. The maximum atomic E-state index is 10.4. The lowest BCUT2D eigenvalue weighted by Crippen LogP contribution is -2.00. The van der Waals surface area contributed by atoms with Crippen LogP contribution in [0.5, 0.6) is 0 Å². The van der Waals surface area contributed by atoms with Crippen LogP contribution < -0.4 is 5.69 Å². The van der Waals surface area contributed by atoms with Gasteiger partial charge in [0.2, 0.25) is 0 Å². The molecule has 0 saturated carbocycles. The van der Waals surface area contributed by atoms with Crippen LogP contribution in [0.3, 0.4) is 0 Å². The Morgan fingerprint density at radius 3 is 3.10 bits per heavy atom. The fraction of sp³-hybridized carbons (Fsp3) is 0.200. The molecule has 0 unspecified atom stereocenters. The monoisotopic (exact) mass is 155 g/mol. The maximum Gasteiger partial charge on any atom is 0.341 e. The standard InChI is InChI=1S/C5H5N3OS/c1-2-3-10-5-6-4(9)7-8-5/h1H,3H2,(H2,6,7,8,9). The minimum absolute atomic E-state index is 0.306. The van der Waals surface area contributed by atoms with E-state index < -0.39 is 0 Å². The largest absolute Gasteiger partial charge is 0.341 e. The third-order valence-corrected chi connectivity index (χ3v) is 1.55. The van der Waals surface area contributed by atoms with E-state index in [0.29, 0.717) is 10.9 Å². The molecule has 0 spiro atoms. The van der Waals surface area contributed by atoms with Crippen LogP contribution in [0.2, 0.25) is 0 Å². The zero-order valence-electron chi connectivity index (χ0n) is 5.05. The van der Waals surface area contributed by atoms with Crippen molar-refractivity contribution in [2.24, 2.45) is 0 Å². The summed E-state index contributed by atoms with van der Waals surface area (Å²) >= 11 is 1.31. The van der Waals surface area contributed by atoms with E-state index in [0.717, 1.165) is 0 Å². The summed E-state index contributed by atoms with van der Waals surface area (Å²) in [7, 11) is 0. The molecular weight excluding hydrogens is 150 g/mol. The Morgan fingerprint density at radius 2 is 2.60 bits per heavy atom. The average molecular weight is 155 g/mol. The molecule has 0 aliphatic carbocycles. The van der Waals surface area contributed by atoms with E-state index in [4.69, 9.17) is 6.42 Å². The zero-order chi connectivity index (χ0) is 7.40. The molecule has 0 saturated heterocycles. The lowest BCUT2D eigenvalue weighted by Gasteiger charge is -1.83. The van der Waals surface area contributed by atoms with Gasteiger partial charge in [-0.1, -0.05) is 17.7 Å². The molecule has 0 atom stereocenters. The van der Waals surface area contributed by atoms with Gasteiger partial charge < -0.3 is 0 Å². The number of hydrogen-bond donors (Lipinski definition) is 2. The SMILES string of the molecule is C#CCSc1n[nH]c(=O)[nH]1. The summed E-state index contributed by atoms with van der Waals surface area (Å²) in [5.41, 5.74) is -0.306. The number of terminal acetylenes is 1. The Bertz CT molecular complexity index is 294. The predicted octanol–water partition coefficient (Wildman–Crippen LogP) is -0.177. The fourth-order valence-corrected chi connectivity index (χ4v) is 0.928. The fourth-order valence-electron chi connectivity index (χ4n) is 0.433. The molecule has 0 bridgehead atoms. The van der Waals surface area contributed by atoms with Crippen molar-refractivity contribution < 1.29 is 0 Å². The van der Waals surface area contributed by atoms with Crippen molar-refractivity contribution in [1.82, 2.24) is 15.2 Å². The van der Waals surface area contributed by atoms with Crippen molar-refractivity contribution in [3.05, 3.63) is 10.5 Å². The molecule has 1 aromatic heterocycles. The molecule has 4 nitrogen and oxygen atoms in total. The average Bonchev–Trinajstić information content (AvgIpc) is 2.31. The number of aromatic nitrogens is 3.